The molecule has 2 amide bonds. The van der Waals surface area contributed by atoms with Gasteiger partial charge in [-0.3, -0.25) is 9.59 Å². The second-order valence-electron chi connectivity index (χ2n) is 5.66. The fourth-order valence-corrected chi connectivity index (χ4v) is 2.40. The van der Waals surface area contributed by atoms with Crippen LogP contribution in [-0.2, 0) is 0 Å². The summed E-state index contributed by atoms with van der Waals surface area (Å²) in [5.74, 6) is -0.659. The van der Waals surface area contributed by atoms with E-state index in [4.69, 9.17) is 0 Å². The lowest BCUT2D eigenvalue weighted by Gasteiger charge is -2.10. The van der Waals surface area contributed by atoms with E-state index in [1.54, 1.807) is 66.7 Å². The summed E-state index contributed by atoms with van der Waals surface area (Å²) < 4.78 is 0. The van der Waals surface area contributed by atoms with Crippen molar-refractivity contribution in [1.29, 1.82) is 0 Å². The normalized spacial score (nSPS) is 10.5. The third-order valence-corrected chi connectivity index (χ3v) is 3.71. The molecule has 0 aromatic heterocycles. The van der Waals surface area contributed by atoms with Gasteiger partial charge in [0, 0.05) is 5.56 Å². The zero-order chi connectivity index (χ0) is 19.1. The largest absolute Gasteiger partial charge is 0.508 e. The van der Waals surface area contributed by atoms with Crippen LogP contribution in [0, 0.1) is 0 Å². The molecule has 0 aliphatic rings. The molecule has 3 rings (SSSR count). The highest BCUT2D eigenvalue weighted by Gasteiger charge is 2.13. The number of para-hydroxylation sites is 1. The lowest BCUT2D eigenvalue weighted by Crippen LogP contribution is -2.21. The maximum atomic E-state index is 12.4. The smallest absolute Gasteiger partial charge is 0.273 e. The summed E-state index contributed by atoms with van der Waals surface area (Å²) in [5, 5.41) is 16.1. The van der Waals surface area contributed by atoms with Crippen LogP contribution in [0.1, 0.15) is 26.3 Å². The highest BCUT2D eigenvalue weighted by atomic mass is 16.3. The number of hydrazone groups is 1. The first-order valence-corrected chi connectivity index (χ1v) is 8.21. The first kappa shape index (κ1) is 17.9. The number of aromatic hydroxyl groups is 1. The van der Waals surface area contributed by atoms with Crippen LogP contribution >= 0.6 is 0 Å². The third-order valence-electron chi connectivity index (χ3n) is 3.71. The Hall–Kier alpha value is -3.93. The molecule has 0 atom stereocenters. The predicted molar refractivity (Wildman–Crippen MR) is 104 cm³/mol. The van der Waals surface area contributed by atoms with Crippen molar-refractivity contribution in [3.8, 4) is 5.75 Å². The van der Waals surface area contributed by atoms with E-state index in [0.29, 0.717) is 16.8 Å². The van der Waals surface area contributed by atoms with Gasteiger partial charge in [-0.15, -0.1) is 0 Å². The monoisotopic (exact) mass is 359 g/mol. The van der Waals surface area contributed by atoms with Crippen molar-refractivity contribution in [2.45, 2.75) is 0 Å². The number of carbonyl (C=O) groups is 2. The molecular formula is C21H17N3O3. The molecule has 3 aromatic rings. The Morgan fingerprint density at radius 2 is 1.59 bits per heavy atom. The van der Waals surface area contributed by atoms with Crippen molar-refractivity contribution < 1.29 is 14.7 Å². The van der Waals surface area contributed by atoms with E-state index in [-0.39, 0.29) is 17.2 Å². The molecule has 3 aromatic carbocycles. The Morgan fingerprint density at radius 1 is 0.852 bits per heavy atom. The Labute approximate surface area is 156 Å². The molecule has 27 heavy (non-hydrogen) atoms. The average molecular weight is 359 g/mol. The number of rotatable bonds is 5. The Bertz CT molecular complexity index is 985. The first-order chi connectivity index (χ1) is 13.1. The fraction of sp³-hybridized carbons (Fsp3) is 0. The van der Waals surface area contributed by atoms with Crippen molar-refractivity contribution in [3.05, 3.63) is 95.6 Å². The third kappa shape index (κ3) is 4.79. The van der Waals surface area contributed by atoms with Crippen LogP contribution in [0.15, 0.2) is 84.0 Å². The molecule has 6 nitrogen and oxygen atoms in total. The van der Waals surface area contributed by atoms with Crippen LogP contribution in [0.25, 0.3) is 0 Å². The number of nitrogens with zero attached hydrogens (tertiary/aromatic N) is 1. The number of nitrogens with one attached hydrogen (secondary N) is 2. The van der Waals surface area contributed by atoms with Gasteiger partial charge in [0.05, 0.1) is 17.5 Å². The van der Waals surface area contributed by atoms with Crippen LogP contribution in [0.2, 0.25) is 0 Å². The SMILES string of the molecule is O=C(Nc1ccccc1C(=O)NN=Cc1cccc(O)c1)c1ccccc1. The van der Waals surface area contributed by atoms with Gasteiger partial charge >= 0.3 is 0 Å². The number of phenolic OH excluding ortho intramolecular Hbond substituents is 1. The molecule has 0 bridgehead atoms. The number of benzene rings is 3. The van der Waals surface area contributed by atoms with Gasteiger partial charge in [0.15, 0.2) is 0 Å². The number of hydrogen-bond donors (Lipinski definition) is 3. The van der Waals surface area contributed by atoms with Gasteiger partial charge in [0.25, 0.3) is 11.8 Å². The van der Waals surface area contributed by atoms with E-state index in [0.717, 1.165) is 0 Å². The highest BCUT2D eigenvalue weighted by molar-refractivity contribution is 6.09. The molecule has 0 radical (unpaired) electrons. The summed E-state index contributed by atoms with van der Waals surface area (Å²) in [7, 11) is 0. The number of hydrogen-bond acceptors (Lipinski definition) is 4. The van der Waals surface area contributed by atoms with Crippen LogP contribution in [0.5, 0.6) is 5.75 Å². The van der Waals surface area contributed by atoms with E-state index in [1.165, 1.54) is 12.3 Å². The number of carbonyl (C=O) groups excluding carboxylic acids is 2. The average Bonchev–Trinajstić information content (AvgIpc) is 2.69. The van der Waals surface area contributed by atoms with Gasteiger partial charge in [0.2, 0.25) is 0 Å². The van der Waals surface area contributed by atoms with Gasteiger partial charge < -0.3 is 10.4 Å². The summed E-state index contributed by atoms with van der Waals surface area (Å²) in [4.78, 5) is 24.7. The molecule has 0 fully saturated rings. The Balaban J connectivity index is 1.71. The van der Waals surface area contributed by atoms with Crippen LogP contribution < -0.4 is 10.7 Å². The van der Waals surface area contributed by atoms with Crippen molar-refractivity contribution in [1.82, 2.24) is 5.43 Å². The summed E-state index contributed by atoms with van der Waals surface area (Å²) in [5.41, 5.74) is 4.23. The summed E-state index contributed by atoms with van der Waals surface area (Å²) in [6.45, 7) is 0. The van der Waals surface area contributed by atoms with E-state index >= 15 is 0 Å². The maximum Gasteiger partial charge on any atom is 0.273 e. The lowest BCUT2D eigenvalue weighted by molar-refractivity contribution is 0.0956. The summed E-state index contributed by atoms with van der Waals surface area (Å²) in [6.07, 6.45) is 1.42. The van der Waals surface area contributed by atoms with Crippen LogP contribution in [0.4, 0.5) is 5.69 Å². The van der Waals surface area contributed by atoms with Crippen molar-refractivity contribution in [2.24, 2.45) is 5.10 Å². The molecule has 0 spiro atoms. The minimum Gasteiger partial charge on any atom is -0.508 e. The second kappa shape index (κ2) is 8.44. The number of phenols is 1. The first-order valence-electron chi connectivity index (χ1n) is 8.21. The minimum atomic E-state index is -0.463. The molecule has 0 aliphatic carbocycles. The van der Waals surface area contributed by atoms with Gasteiger partial charge in [0.1, 0.15) is 5.75 Å². The highest BCUT2D eigenvalue weighted by Crippen LogP contribution is 2.16. The molecule has 6 heteroatoms. The molecule has 0 aliphatic heterocycles. The standard InChI is InChI=1S/C21H17N3O3/c25-17-10-6-7-15(13-17)14-22-24-21(27)18-11-4-5-12-19(18)23-20(26)16-8-2-1-3-9-16/h1-14,25H,(H,23,26)(H,24,27). The topological polar surface area (TPSA) is 90.8 Å². The van der Waals surface area contributed by atoms with E-state index in [2.05, 4.69) is 15.8 Å². The minimum absolute atomic E-state index is 0.110. The van der Waals surface area contributed by atoms with Crippen molar-refractivity contribution in [3.63, 3.8) is 0 Å². The van der Waals surface area contributed by atoms with Gasteiger partial charge in [-0.2, -0.15) is 5.10 Å². The number of anilines is 1. The van der Waals surface area contributed by atoms with E-state index in [1.807, 2.05) is 6.07 Å². The zero-order valence-corrected chi connectivity index (χ0v) is 14.3. The van der Waals surface area contributed by atoms with E-state index in [9.17, 15) is 14.7 Å². The summed E-state index contributed by atoms with van der Waals surface area (Å²) in [6, 6.07) is 21.9. The van der Waals surface area contributed by atoms with Gasteiger partial charge in [-0.05, 0) is 42.0 Å². The quantitative estimate of drug-likeness (QED) is 0.482. The fourth-order valence-electron chi connectivity index (χ4n) is 2.40. The molecule has 0 unspecified atom stereocenters. The number of amides is 2. The van der Waals surface area contributed by atoms with Crippen LogP contribution in [0.3, 0.4) is 0 Å². The molecular weight excluding hydrogens is 342 g/mol. The molecule has 0 saturated carbocycles. The van der Waals surface area contributed by atoms with Crippen LogP contribution in [-0.4, -0.2) is 23.1 Å². The van der Waals surface area contributed by atoms with Crippen molar-refractivity contribution in [2.75, 3.05) is 5.32 Å². The molecule has 134 valence electrons. The Kier molecular flexibility index (Phi) is 5.59. The lowest BCUT2D eigenvalue weighted by atomic mass is 10.1. The maximum absolute atomic E-state index is 12.4. The molecule has 0 heterocycles. The zero-order valence-electron chi connectivity index (χ0n) is 14.3. The predicted octanol–water partition coefficient (Wildman–Crippen LogP) is 3.41. The Morgan fingerprint density at radius 3 is 2.37 bits per heavy atom. The van der Waals surface area contributed by atoms with Crippen molar-refractivity contribution >= 4 is 23.7 Å². The molecule has 3 N–H and O–H groups in total. The van der Waals surface area contributed by atoms with E-state index < -0.39 is 5.91 Å². The summed E-state index contributed by atoms with van der Waals surface area (Å²) >= 11 is 0. The second-order valence-corrected chi connectivity index (χ2v) is 5.66. The van der Waals surface area contributed by atoms with Gasteiger partial charge in [-0.1, -0.05) is 42.5 Å². The van der Waals surface area contributed by atoms with Gasteiger partial charge in [-0.25, -0.2) is 5.43 Å². The molecule has 0 saturated heterocycles.